The van der Waals surface area contributed by atoms with E-state index in [-0.39, 0.29) is 17.0 Å². The van der Waals surface area contributed by atoms with E-state index in [0.29, 0.717) is 31.5 Å². The maximum Gasteiger partial charge on any atom is 0.222 e. The van der Waals surface area contributed by atoms with Crippen LogP contribution in [0.25, 0.3) is 0 Å². The third-order valence-electron chi connectivity index (χ3n) is 3.46. The largest absolute Gasteiger partial charge is 0.342 e. The maximum atomic E-state index is 13.8. The zero-order valence-corrected chi connectivity index (χ0v) is 12.4. The lowest BCUT2D eigenvalue weighted by Crippen LogP contribution is -2.32. The van der Waals surface area contributed by atoms with Gasteiger partial charge >= 0.3 is 0 Å². The predicted octanol–water partition coefficient (Wildman–Crippen LogP) is 3.77. The molecule has 0 aromatic heterocycles. The Labute approximate surface area is 122 Å². The summed E-state index contributed by atoms with van der Waals surface area (Å²) in [7, 11) is 0. The van der Waals surface area contributed by atoms with Crippen LogP contribution in [0.3, 0.4) is 0 Å². The average molecular weight is 299 g/mol. The number of carbonyl (C=O) groups is 1. The number of amides is 1. The third-order valence-corrected chi connectivity index (χ3v) is 4.77. The molecule has 1 aromatic carbocycles. The van der Waals surface area contributed by atoms with Gasteiger partial charge in [0.15, 0.2) is 0 Å². The molecule has 1 fully saturated rings. The van der Waals surface area contributed by atoms with Gasteiger partial charge in [0.05, 0.1) is 0 Å². The van der Waals surface area contributed by atoms with Crippen molar-refractivity contribution in [3.05, 3.63) is 35.4 Å². The molecule has 1 aromatic rings. The molecule has 1 saturated heterocycles. The first-order valence-electron chi connectivity index (χ1n) is 6.96. The second-order valence-corrected chi connectivity index (χ2v) is 6.26. The number of benzene rings is 1. The molecular formula is C15H19F2NOS. The lowest BCUT2D eigenvalue weighted by Gasteiger charge is -2.20. The smallest absolute Gasteiger partial charge is 0.222 e. The number of halogens is 2. The minimum atomic E-state index is -0.412. The van der Waals surface area contributed by atoms with Gasteiger partial charge in [-0.25, -0.2) is 8.78 Å². The fourth-order valence-corrected chi connectivity index (χ4v) is 3.64. The van der Waals surface area contributed by atoms with Gasteiger partial charge in [-0.15, -0.1) is 0 Å². The van der Waals surface area contributed by atoms with E-state index in [1.807, 2.05) is 11.8 Å². The van der Waals surface area contributed by atoms with Gasteiger partial charge in [0.2, 0.25) is 5.91 Å². The molecule has 0 aliphatic carbocycles. The van der Waals surface area contributed by atoms with Gasteiger partial charge in [-0.05, 0) is 31.0 Å². The molecule has 1 aliphatic heterocycles. The van der Waals surface area contributed by atoms with Crippen LogP contribution in [0.5, 0.6) is 0 Å². The number of nitrogens with zero attached hydrogens (tertiary/aromatic N) is 1. The highest BCUT2D eigenvalue weighted by atomic mass is 32.2. The van der Waals surface area contributed by atoms with Crippen molar-refractivity contribution >= 4 is 17.7 Å². The molecule has 1 heterocycles. The number of hydrogen-bond donors (Lipinski definition) is 0. The fourth-order valence-electron chi connectivity index (χ4n) is 2.40. The Balaban J connectivity index is 2.06. The van der Waals surface area contributed by atoms with E-state index >= 15 is 0 Å². The molecule has 2 rings (SSSR count). The van der Waals surface area contributed by atoms with Crippen LogP contribution in [0.4, 0.5) is 8.78 Å². The summed E-state index contributed by atoms with van der Waals surface area (Å²) in [4.78, 5) is 13.7. The molecule has 0 N–H and O–H groups in total. The van der Waals surface area contributed by atoms with Crippen LogP contribution in [0, 0.1) is 11.6 Å². The van der Waals surface area contributed by atoms with E-state index in [4.69, 9.17) is 0 Å². The first-order chi connectivity index (χ1) is 9.61. The fraction of sp³-hybridized carbons (Fsp3) is 0.533. The third kappa shape index (κ3) is 3.72. The summed E-state index contributed by atoms with van der Waals surface area (Å²) in [5, 5.41) is -0.0786. The van der Waals surface area contributed by atoms with E-state index in [1.165, 1.54) is 12.1 Å². The molecule has 0 saturated carbocycles. The van der Waals surface area contributed by atoms with Crippen LogP contribution in [0.15, 0.2) is 18.2 Å². The summed E-state index contributed by atoms with van der Waals surface area (Å²) < 4.78 is 27.1. The van der Waals surface area contributed by atoms with Crippen LogP contribution < -0.4 is 0 Å². The number of thioether (sulfide) groups is 1. The van der Waals surface area contributed by atoms with Crippen molar-refractivity contribution < 1.29 is 13.6 Å². The van der Waals surface area contributed by atoms with E-state index in [0.717, 1.165) is 18.2 Å². The Morgan fingerprint density at radius 1 is 1.40 bits per heavy atom. The van der Waals surface area contributed by atoms with Crippen molar-refractivity contribution in [1.82, 2.24) is 4.90 Å². The summed E-state index contributed by atoms with van der Waals surface area (Å²) in [5.74, 6) is 0.145. The van der Waals surface area contributed by atoms with Crippen LogP contribution in [0.2, 0.25) is 0 Å². The normalized spacial score (nSPS) is 19.8. The first kappa shape index (κ1) is 15.3. The lowest BCUT2D eigenvalue weighted by atomic mass is 10.1. The van der Waals surface area contributed by atoms with E-state index in [1.54, 1.807) is 11.8 Å². The first-order valence-corrected chi connectivity index (χ1v) is 8.01. The minimum Gasteiger partial charge on any atom is -0.342 e. The van der Waals surface area contributed by atoms with Crippen molar-refractivity contribution in [3.63, 3.8) is 0 Å². The topological polar surface area (TPSA) is 20.3 Å². The minimum absolute atomic E-state index is 0.0786. The lowest BCUT2D eigenvalue weighted by molar-refractivity contribution is -0.131. The highest BCUT2D eigenvalue weighted by Gasteiger charge is 2.23. The Morgan fingerprint density at radius 2 is 2.20 bits per heavy atom. The summed E-state index contributed by atoms with van der Waals surface area (Å²) in [6.07, 6.45) is 2.06. The Hall–Kier alpha value is -1.10. The molecule has 0 bridgehead atoms. The number of carbonyl (C=O) groups excluding carboxylic acids is 1. The highest BCUT2D eigenvalue weighted by molar-refractivity contribution is 7.99. The van der Waals surface area contributed by atoms with Gasteiger partial charge in [-0.2, -0.15) is 11.8 Å². The molecule has 1 unspecified atom stereocenters. The molecule has 1 amide bonds. The van der Waals surface area contributed by atoms with Crippen LogP contribution in [-0.4, -0.2) is 29.6 Å². The molecular weight excluding hydrogens is 280 g/mol. The van der Waals surface area contributed by atoms with E-state index < -0.39 is 5.82 Å². The van der Waals surface area contributed by atoms with Crippen molar-refractivity contribution in [1.29, 1.82) is 0 Å². The van der Waals surface area contributed by atoms with E-state index in [9.17, 15) is 13.6 Å². The molecule has 2 nitrogen and oxygen atoms in total. The summed E-state index contributed by atoms with van der Waals surface area (Å²) >= 11 is 1.60. The number of hydrogen-bond acceptors (Lipinski definition) is 2. The Kier molecular flexibility index (Phi) is 5.40. The second kappa shape index (κ2) is 7.07. The second-order valence-electron chi connectivity index (χ2n) is 4.94. The average Bonchev–Trinajstić information content (AvgIpc) is 2.67. The molecule has 1 atom stereocenters. The highest BCUT2D eigenvalue weighted by Crippen LogP contribution is 2.36. The molecule has 110 valence electrons. The molecule has 20 heavy (non-hydrogen) atoms. The maximum absolute atomic E-state index is 13.8. The van der Waals surface area contributed by atoms with Gasteiger partial charge in [-0.3, -0.25) is 4.79 Å². The zero-order chi connectivity index (χ0) is 14.5. The molecule has 1 aliphatic rings. The van der Waals surface area contributed by atoms with E-state index in [2.05, 4.69) is 0 Å². The standard InChI is InChI=1S/C15H19F2NOS/c1-2-3-15(19)18-7-6-14(20-9-8-18)12-10-11(16)4-5-13(12)17/h4-5,10,14H,2-3,6-9H2,1H3. The van der Waals surface area contributed by atoms with Crippen molar-refractivity contribution in [3.8, 4) is 0 Å². The van der Waals surface area contributed by atoms with Gasteiger partial charge in [0.25, 0.3) is 0 Å². The number of rotatable bonds is 3. The summed E-state index contributed by atoms with van der Waals surface area (Å²) in [5.41, 5.74) is 0.416. The summed E-state index contributed by atoms with van der Waals surface area (Å²) in [6, 6.07) is 3.59. The zero-order valence-electron chi connectivity index (χ0n) is 11.6. The Morgan fingerprint density at radius 3 is 2.95 bits per heavy atom. The summed E-state index contributed by atoms with van der Waals surface area (Å²) in [6.45, 7) is 3.29. The van der Waals surface area contributed by atoms with Gasteiger partial charge < -0.3 is 4.90 Å². The van der Waals surface area contributed by atoms with Gasteiger partial charge in [0.1, 0.15) is 11.6 Å². The quantitative estimate of drug-likeness (QED) is 0.847. The van der Waals surface area contributed by atoms with Crippen molar-refractivity contribution in [2.75, 3.05) is 18.8 Å². The molecule has 0 spiro atoms. The Bertz CT molecular complexity index is 481. The van der Waals surface area contributed by atoms with Crippen molar-refractivity contribution in [2.45, 2.75) is 31.4 Å². The molecule has 5 heteroatoms. The van der Waals surface area contributed by atoms with Crippen LogP contribution in [0.1, 0.15) is 37.0 Å². The van der Waals surface area contributed by atoms with Crippen molar-refractivity contribution in [2.24, 2.45) is 0 Å². The predicted molar refractivity (Wildman–Crippen MR) is 77.7 cm³/mol. The van der Waals surface area contributed by atoms with Gasteiger partial charge in [0, 0.05) is 36.1 Å². The SMILES string of the molecule is CCCC(=O)N1CCSC(c2cc(F)ccc2F)CC1. The van der Waals surface area contributed by atoms with Crippen LogP contribution in [-0.2, 0) is 4.79 Å². The monoisotopic (exact) mass is 299 g/mol. The molecule has 0 radical (unpaired) electrons. The van der Waals surface area contributed by atoms with Crippen LogP contribution >= 0.6 is 11.8 Å². The van der Waals surface area contributed by atoms with Gasteiger partial charge in [-0.1, -0.05) is 6.92 Å².